The zero-order valence-corrected chi connectivity index (χ0v) is 16.2. The first kappa shape index (κ1) is 19.5. The van der Waals surface area contributed by atoms with Crippen molar-refractivity contribution in [3.05, 3.63) is 60.2 Å². The number of carbonyl (C=O) groups excluding carboxylic acids is 1. The normalized spacial score (nSPS) is 14.3. The average Bonchev–Trinajstić information content (AvgIpc) is 3.57. The monoisotopic (exact) mass is 376 g/mol. The Labute approximate surface area is 165 Å². The SMILES string of the molecule is COc1ccc(N(C(=O)/C=C/c2ccc(OCC#N)cc2)C(C)C2CC2)cc1. The molecule has 0 N–H and O–H groups in total. The number of benzene rings is 2. The lowest BCUT2D eigenvalue weighted by Gasteiger charge is -2.28. The number of methoxy groups -OCH3 is 1. The number of rotatable bonds is 8. The second kappa shape index (κ2) is 9.09. The summed E-state index contributed by atoms with van der Waals surface area (Å²) in [5.74, 6) is 1.90. The second-order valence-electron chi connectivity index (χ2n) is 6.83. The van der Waals surface area contributed by atoms with Gasteiger partial charge in [0.2, 0.25) is 0 Å². The summed E-state index contributed by atoms with van der Waals surface area (Å²) in [6, 6.07) is 17.0. The number of nitriles is 1. The molecule has 1 saturated carbocycles. The van der Waals surface area contributed by atoms with Gasteiger partial charge in [0.15, 0.2) is 6.61 Å². The van der Waals surface area contributed by atoms with E-state index in [1.165, 1.54) is 0 Å². The van der Waals surface area contributed by atoms with Crippen LogP contribution in [0.3, 0.4) is 0 Å². The number of anilines is 1. The third kappa shape index (κ3) is 4.92. The molecular formula is C23H24N2O3. The highest BCUT2D eigenvalue weighted by Gasteiger charge is 2.34. The van der Waals surface area contributed by atoms with Gasteiger partial charge in [0.1, 0.15) is 17.6 Å². The lowest BCUT2D eigenvalue weighted by atomic mass is 10.1. The standard InChI is InChI=1S/C23H24N2O3/c1-17(19-6-7-19)25(20-8-12-21(27-2)13-9-20)23(26)14-5-18-3-10-22(11-4-18)28-16-15-24/h3-5,8-14,17,19H,6-7,16H2,1-2H3/b14-5+. The Hall–Kier alpha value is -3.26. The molecule has 1 aliphatic rings. The third-order valence-corrected chi connectivity index (χ3v) is 4.90. The lowest BCUT2D eigenvalue weighted by molar-refractivity contribution is -0.114. The summed E-state index contributed by atoms with van der Waals surface area (Å²) in [6.45, 7) is 2.12. The van der Waals surface area contributed by atoms with E-state index >= 15 is 0 Å². The van der Waals surface area contributed by atoms with Crippen molar-refractivity contribution in [2.45, 2.75) is 25.8 Å². The van der Waals surface area contributed by atoms with Crippen molar-refractivity contribution in [2.75, 3.05) is 18.6 Å². The van der Waals surface area contributed by atoms with E-state index in [2.05, 4.69) is 6.92 Å². The smallest absolute Gasteiger partial charge is 0.251 e. The van der Waals surface area contributed by atoms with Crippen molar-refractivity contribution in [2.24, 2.45) is 5.92 Å². The Morgan fingerprint density at radius 1 is 1.18 bits per heavy atom. The van der Waals surface area contributed by atoms with E-state index in [0.717, 1.165) is 29.8 Å². The Morgan fingerprint density at radius 2 is 1.82 bits per heavy atom. The molecule has 5 heteroatoms. The Kier molecular flexibility index (Phi) is 6.33. The fourth-order valence-electron chi connectivity index (χ4n) is 3.13. The largest absolute Gasteiger partial charge is 0.497 e. The second-order valence-corrected chi connectivity index (χ2v) is 6.83. The van der Waals surface area contributed by atoms with Crippen molar-refractivity contribution < 1.29 is 14.3 Å². The molecule has 2 aromatic carbocycles. The lowest BCUT2D eigenvalue weighted by Crippen LogP contribution is -2.39. The Morgan fingerprint density at radius 3 is 2.39 bits per heavy atom. The number of hydrogen-bond acceptors (Lipinski definition) is 4. The predicted molar refractivity (Wildman–Crippen MR) is 109 cm³/mol. The van der Waals surface area contributed by atoms with Crippen LogP contribution in [0.25, 0.3) is 6.08 Å². The van der Waals surface area contributed by atoms with E-state index < -0.39 is 0 Å². The molecule has 144 valence electrons. The predicted octanol–water partition coefficient (Wildman–Crippen LogP) is 4.44. The molecule has 28 heavy (non-hydrogen) atoms. The van der Waals surface area contributed by atoms with Crippen molar-refractivity contribution in [3.8, 4) is 17.6 Å². The van der Waals surface area contributed by atoms with Gasteiger partial charge in [-0.2, -0.15) is 5.26 Å². The molecule has 1 unspecified atom stereocenters. The number of ether oxygens (including phenoxy) is 2. The minimum atomic E-state index is -0.0469. The zero-order chi connectivity index (χ0) is 19.9. The molecule has 0 aromatic heterocycles. The van der Waals surface area contributed by atoms with Crippen LogP contribution < -0.4 is 14.4 Å². The molecule has 0 radical (unpaired) electrons. The van der Waals surface area contributed by atoms with Gasteiger partial charge >= 0.3 is 0 Å². The number of amides is 1. The third-order valence-electron chi connectivity index (χ3n) is 4.90. The molecule has 1 fully saturated rings. The quantitative estimate of drug-likeness (QED) is 0.639. The summed E-state index contributed by atoms with van der Waals surface area (Å²) in [5, 5.41) is 8.56. The van der Waals surface area contributed by atoms with Crippen molar-refractivity contribution in [3.63, 3.8) is 0 Å². The van der Waals surface area contributed by atoms with Crippen molar-refractivity contribution >= 4 is 17.7 Å². The molecule has 1 amide bonds. The van der Waals surface area contributed by atoms with E-state index in [4.69, 9.17) is 14.7 Å². The van der Waals surface area contributed by atoms with Gasteiger partial charge in [-0.25, -0.2) is 0 Å². The Bertz CT molecular complexity index is 862. The van der Waals surface area contributed by atoms with E-state index in [1.807, 2.05) is 47.4 Å². The highest BCUT2D eigenvalue weighted by atomic mass is 16.5. The fraction of sp³-hybridized carbons (Fsp3) is 0.304. The maximum atomic E-state index is 13.0. The molecule has 5 nitrogen and oxygen atoms in total. The summed E-state index contributed by atoms with van der Waals surface area (Å²) in [5.41, 5.74) is 1.77. The highest BCUT2D eigenvalue weighted by Crippen LogP contribution is 2.37. The minimum absolute atomic E-state index is 0.0174. The molecule has 0 spiro atoms. The molecule has 0 heterocycles. The van der Waals surface area contributed by atoms with Crippen LogP contribution >= 0.6 is 0 Å². The van der Waals surface area contributed by atoms with Gasteiger partial charge in [-0.1, -0.05) is 12.1 Å². The van der Waals surface area contributed by atoms with Gasteiger partial charge in [0, 0.05) is 17.8 Å². The summed E-state index contributed by atoms with van der Waals surface area (Å²) < 4.78 is 10.5. The molecule has 1 atom stereocenters. The van der Waals surface area contributed by atoms with E-state index in [9.17, 15) is 4.79 Å². The van der Waals surface area contributed by atoms with Crippen LogP contribution in [0.4, 0.5) is 5.69 Å². The summed E-state index contributed by atoms with van der Waals surface area (Å²) in [6.07, 6.45) is 5.73. The summed E-state index contributed by atoms with van der Waals surface area (Å²) in [7, 11) is 1.63. The maximum absolute atomic E-state index is 13.0. The highest BCUT2D eigenvalue weighted by molar-refractivity contribution is 6.04. The Balaban J connectivity index is 1.75. The molecule has 2 aromatic rings. The number of nitrogens with zero attached hydrogens (tertiary/aromatic N) is 2. The van der Waals surface area contributed by atoms with Crippen LogP contribution in [0, 0.1) is 17.2 Å². The van der Waals surface area contributed by atoms with Crippen LogP contribution in [-0.4, -0.2) is 25.7 Å². The first-order valence-corrected chi connectivity index (χ1v) is 9.37. The molecular weight excluding hydrogens is 352 g/mol. The van der Waals surface area contributed by atoms with Gasteiger partial charge in [0.25, 0.3) is 5.91 Å². The number of hydrogen-bond donors (Lipinski definition) is 0. The first-order chi connectivity index (χ1) is 13.6. The number of carbonyl (C=O) groups is 1. The fourth-order valence-corrected chi connectivity index (χ4v) is 3.13. The van der Waals surface area contributed by atoms with Crippen LogP contribution in [0.2, 0.25) is 0 Å². The topological polar surface area (TPSA) is 62.6 Å². The minimum Gasteiger partial charge on any atom is -0.497 e. The first-order valence-electron chi connectivity index (χ1n) is 9.37. The summed E-state index contributed by atoms with van der Waals surface area (Å²) in [4.78, 5) is 14.9. The van der Waals surface area contributed by atoms with Crippen LogP contribution in [0.1, 0.15) is 25.3 Å². The van der Waals surface area contributed by atoms with Gasteiger partial charge in [-0.15, -0.1) is 0 Å². The molecule has 3 rings (SSSR count). The van der Waals surface area contributed by atoms with Crippen molar-refractivity contribution in [1.82, 2.24) is 0 Å². The molecule has 0 saturated heterocycles. The summed E-state index contributed by atoms with van der Waals surface area (Å²) >= 11 is 0. The van der Waals surface area contributed by atoms with Gasteiger partial charge in [0.05, 0.1) is 7.11 Å². The maximum Gasteiger partial charge on any atom is 0.251 e. The van der Waals surface area contributed by atoms with Gasteiger partial charge in [-0.05, 0) is 73.7 Å². The van der Waals surface area contributed by atoms with Crippen LogP contribution in [0.5, 0.6) is 11.5 Å². The van der Waals surface area contributed by atoms with Gasteiger partial charge < -0.3 is 14.4 Å². The van der Waals surface area contributed by atoms with E-state index in [1.54, 1.807) is 31.4 Å². The average molecular weight is 376 g/mol. The molecule has 1 aliphatic carbocycles. The molecule has 0 aliphatic heterocycles. The van der Waals surface area contributed by atoms with E-state index in [0.29, 0.717) is 11.7 Å². The van der Waals surface area contributed by atoms with Crippen LogP contribution in [-0.2, 0) is 4.79 Å². The van der Waals surface area contributed by atoms with Crippen molar-refractivity contribution in [1.29, 1.82) is 5.26 Å². The van der Waals surface area contributed by atoms with E-state index in [-0.39, 0.29) is 18.6 Å². The van der Waals surface area contributed by atoms with Gasteiger partial charge in [-0.3, -0.25) is 4.79 Å². The zero-order valence-electron chi connectivity index (χ0n) is 16.2. The molecule has 0 bridgehead atoms. The van der Waals surface area contributed by atoms with Crippen LogP contribution in [0.15, 0.2) is 54.6 Å².